The normalized spacial score (nSPS) is 25.9. The summed E-state index contributed by atoms with van der Waals surface area (Å²) in [4.78, 5) is 5.21. The van der Waals surface area contributed by atoms with Crippen LogP contribution >= 0.6 is 0 Å². The zero-order valence-corrected chi connectivity index (χ0v) is 14.1. The first-order valence-electron chi connectivity index (χ1n) is 9.00. The van der Waals surface area contributed by atoms with Gasteiger partial charge in [0.25, 0.3) is 0 Å². The molecule has 4 nitrogen and oxygen atoms in total. The average Bonchev–Trinajstić information content (AvgIpc) is 2.53. The first-order valence-corrected chi connectivity index (χ1v) is 9.00. The Kier molecular flexibility index (Phi) is 8.01. The van der Waals surface area contributed by atoms with E-state index in [1.807, 2.05) is 0 Å². The van der Waals surface area contributed by atoms with Crippen LogP contribution in [0.15, 0.2) is 0 Å². The van der Waals surface area contributed by atoms with E-state index in [1.165, 1.54) is 58.4 Å². The molecule has 124 valence electrons. The fourth-order valence-electron chi connectivity index (χ4n) is 3.48. The predicted molar refractivity (Wildman–Crippen MR) is 88.8 cm³/mol. The number of piperidine rings is 1. The molecule has 2 saturated heterocycles. The van der Waals surface area contributed by atoms with Crippen molar-refractivity contribution < 1.29 is 4.74 Å². The fraction of sp³-hybridized carbons (Fsp3) is 1.00. The van der Waals surface area contributed by atoms with E-state index < -0.39 is 0 Å². The van der Waals surface area contributed by atoms with Crippen molar-refractivity contribution in [1.82, 2.24) is 15.1 Å². The molecule has 2 aliphatic rings. The maximum atomic E-state index is 5.87. The summed E-state index contributed by atoms with van der Waals surface area (Å²) in [6, 6.07) is 0.639. The predicted octanol–water partition coefficient (Wildman–Crippen LogP) is 1.81. The van der Waals surface area contributed by atoms with Crippen LogP contribution in [0.25, 0.3) is 0 Å². The van der Waals surface area contributed by atoms with E-state index in [4.69, 9.17) is 4.74 Å². The van der Waals surface area contributed by atoms with E-state index in [1.54, 1.807) is 0 Å². The zero-order chi connectivity index (χ0) is 14.9. The van der Waals surface area contributed by atoms with Gasteiger partial charge in [0.1, 0.15) is 0 Å². The summed E-state index contributed by atoms with van der Waals surface area (Å²) >= 11 is 0. The molecule has 0 unspecified atom stereocenters. The Morgan fingerprint density at radius 2 is 1.71 bits per heavy atom. The Balaban J connectivity index is 1.75. The van der Waals surface area contributed by atoms with Crippen molar-refractivity contribution >= 4 is 0 Å². The maximum Gasteiger partial charge on any atom is 0.0594 e. The highest BCUT2D eigenvalue weighted by Crippen LogP contribution is 2.14. The minimum atomic E-state index is 0.639. The van der Waals surface area contributed by atoms with E-state index in [-0.39, 0.29) is 0 Å². The summed E-state index contributed by atoms with van der Waals surface area (Å²) in [5.41, 5.74) is 0. The molecule has 0 aromatic carbocycles. The van der Waals surface area contributed by atoms with Crippen molar-refractivity contribution in [2.24, 2.45) is 5.92 Å². The number of hydrogen-bond donors (Lipinski definition) is 1. The molecule has 1 N–H and O–H groups in total. The molecule has 0 aromatic rings. The van der Waals surface area contributed by atoms with Gasteiger partial charge in [-0.3, -0.25) is 4.90 Å². The molecule has 2 heterocycles. The second-order valence-corrected chi connectivity index (χ2v) is 6.94. The standard InChI is InChI=1S/C17H35N3O/c1-16(2)20-10-4-3-9-19(11-13-21-14-12-20)15-17-5-7-18-8-6-17/h16-18H,3-15H2,1-2H3. The number of nitrogens with zero attached hydrogens (tertiary/aromatic N) is 2. The Hall–Kier alpha value is -0.160. The van der Waals surface area contributed by atoms with Crippen LogP contribution in [-0.2, 0) is 4.74 Å². The molecule has 0 amide bonds. The van der Waals surface area contributed by atoms with Crippen LogP contribution in [0.4, 0.5) is 0 Å². The number of ether oxygens (including phenoxy) is 1. The van der Waals surface area contributed by atoms with Gasteiger partial charge in [0.15, 0.2) is 0 Å². The Morgan fingerprint density at radius 1 is 1.00 bits per heavy atom. The SMILES string of the molecule is CC(C)N1CCCCN(CC2CCNCC2)CCOCC1. The van der Waals surface area contributed by atoms with E-state index in [2.05, 4.69) is 29.0 Å². The molecule has 2 aliphatic heterocycles. The van der Waals surface area contributed by atoms with Crippen molar-refractivity contribution in [3.8, 4) is 0 Å². The lowest BCUT2D eigenvalue weighted by molar-refractivity contribution is 0.0766. The zero-order valence-electron chi connectivity index (χ0n) is 14.1. The van der Waals surface area contributed by atoms with Gasteiger partial charge in [0.05, 0.1) is 13.2 Å². The molecule has 21 heavy (non-hydrogen) atoms. The van der Waals surface area contributed by atoms with Gasteiger partial charge < -0.3 is 15.0 Å². The summed E-state index contributed by atoms with van der Waals surface area (Å²) < 4.78 is 5.87. The minimum absolute atomic E-state index is 0.639. The van der Waals surface area contributed by atoms with Gasteiger partial charge in [-0.25, -0.2) is 0 Å². The van der Waals surface area contributed by atoms with Crippen LogP contribution < -0.4 is 5.32 Å². The first-order chi connectivity index (χ1) is 10.3. The molecule has 0 saturated carbocycles. The Labute approximate surface area is 131 Å². The smallest absolute Gasteiger partial charge is 0.0594 e. The number of nitrogens with one attached hydrogen (secondary N) is 1. The maximum absolute atomic E-state index is 5.87. The lowest BCUT2D eigenvalue weighted by Crippen LogP contribution is -2.38. The van der Waals surface area contributed by atoms with Gasteiger partial charge in [-0.1, -0.05) is 0 Å². The molecule has 0 aliphatic carbocycles. The molecular formula is C17H35N3O. The summed E-state index contributed by atoms with van der Waals surface area (Å²) in [6.07, 6.45) is 5.34. The molecule has 4 heteroatoms. The van der Waals surface area contributed by atoms with Crippen LogP contribution in [-0.4, -0.2) is 74.9 Å². The topological polar surface area (TPSA) is 27.7 Å². The molecule has 0 atom stereocenters. The summed E-state index contributed by atoms with van der Waals surface area (Å²) in [7, 11) is 0. The van der Waals surface area contributed by atoms with Crippen molar-refractivity contribution in [2.45, 2.75) is 45.6 Å². The summed E-state index contributed by atoms with van der Waals surface area (Å²) in [6.45, 7) is 14.7. The fourth-order valence-corrected chi connectivity index (χ4v) is 3.48. The van der Waals surface area contributed by atoms with Crippen LogP contribution in [0.1, 0.15) is 39.5 Å². The Bertz CT molecular complexity index is 267. The monoisotopic (exact) mass is 297 g/mol. The van der Waals surface area contributed by atoms with Crippen molar-refractivity contribution in [2.75, 3.05) is 59.0 Å². The van der Waals surface area contributed by atoms with Gasteiger partial charge in [-0.2, -0.15) is 0 Å². The quantitative estimate of drug-likeness (QED) is 0.860. The van der Waals surface area contributed by atoms with Crippen LogP contribution in [0.2, 0.25) is 0 Å². The molecule has 0 spiro atoms. The number of hydrogen-bond acceptors (Lipinski definition) is 4. The van der Waals surface area contributed by atoms with Gasteiger partial charge in [-0.15, -0.1) is 0 Å². The lowest BCUT2D eigenvalue weighted by atomic mass is 9.97. The van der Waals surface area contributed by atoms with Crippen LogP contribution in [0.3, 0.4) is 0 Å². The highest BCUT2D eigenvalue weighted by atomic mass is 16.5. The minimum Gasteiger partial charge on any atom is -0.379 e. The second-order valence-electron chi connectivity index (χ2n) is 6.94. The average molecular weight is 297 g/mol. The molecule has 2 fully saturated rings. The van der Waals surface area contributed by atoms with E-state index in [0.717, 1.165) is 32.2 Å². The van der Waals surface area contributed by atoms with Crippen LogP contribution in [0.5, 0.6) is 0 Å². The largest absolute Gasteiger partial charge is 0.379 e. The van der Waals surface area contributed by atoms with Crippen LogP contribution in [0, 0.1) is 5.92 Å². The van der Waals surface area contributed by atoms with Crippen molar-refractivity contribution in [3.63, 3.8) is 0 Å². The molecular weight excluding hydrogens is 262 g/mol. The van der Waals surface area contributed by atoms with Gasteiger partial charge in [-0.05, 0) is 71.6 Å². The third-order valence-corrected chi connectivity index (χ3v) is 4.95. The number of rotatable bonds is 3. The van der Waals surface area contributed by atoms with Gasteiger partial charge in [0, 0.05) is 25.7 Å². The molecule has 2 rings (SSSR count). The van der Waals surface area contributed by atoms with Crippen molar-refractivity contribution in [3.05, 3.63) is 0 Å². The Morgan fingerprint density at radius 3 is 2.48 bits per heavy atom. The third-order valence-electron chi connectivity index (χ3n) is 4.95. The van der Waals surface area contributed by atoms with E-state index in [0.29, 0.717) is 6.04 Å². The first kappa shape index (κ1) is 17.2. The van der Waals surface area contributed by atoms with E-state index >= 15 is 0 Å². The lowest BCUT2D eigenvalue weighted by Gasteiger charge is -2.30. The van der Waals surface area contributed by atoms with Crippen molar-refractivity contribution in [1.29, 1.82) is 0 Å². The summed E-state index contributed by atoms with van der Waals surface area (Å²) in [5, 5.41) is 3.47. The molecule has 0 radical (unpaired) electrons. The second kappa shape index (κ2) is 9.78. The third kappa shape index (κ3) is 6.64. The molecule has 0 bridgehead atoms. The summed E-state index contributed by atoms with van der Waals surface area (Å²) in [5.74, 6) is 0.892. The van der Waals surface area contributed by atoms with Gasteiger partial charge >= 0.3 is 0 Å². The molecule has 0 aromatic heterocycles. The highest BCUT2D eigenvalue weighted by Gasteiger charge is 2.17. The highest BCUT2D eigenvalue weighted by molar-refractivity contribution is 4.73. The van der Waals surface area contributed by atoms with E-state index in [9.17, 15) is 0 Å². The van der Waals surface area contributed by atoms with Gasteiger partial charge in [0.2, 0.25) is 0 Å².